The molecule has 0 saturated carbocycles. The number of carboxylic acid groups (broad SMARTS) is 1. The zero-order valence-corrected chi connectivity index (χ0v) is 11.9. The average molecular weight is 289 g/mol. The van der Waals surface area contributed by atoms with Crippen molar-refractivity contribution in [3.63, 3.8) is 0 Å². The van der Waals surface area contributed by atoms with Crippen LogP contribution < -0.4 is 0 Å². The molecule has 0 bridgehead atoms. The minimum Gasteiger partial charge on any atom is -0.481 e. The molecule has 0 unspecified atom stereocenters. The number of aromatic nitrogens is 2. The molecule has 0 radical (unpaired) electrons. The molecule has 1 saturated heterocycles. The highest BCUT2D eigenvalue weighted by Gasteiger charge is 2.14. The highest BCUT2D eigenvalue weighted by molar-refractivity contribution is 5.85. The van der Waals surface area contributed by atoms with Gasteiger partial charge in [-0.05, 0) is 6.07 Å². The maximum atomic E-state index is 11.0. The van der Waals surface area contributed by atoms with Crippen molar-refractivity contribution in [1.29, 1.82) is 0 Å². The SMILES string of the molecule is O=C(O)Cc1nn(CCN2CCOCC2)c2ccccc12. The normalized spacial score (nSPS) is 16.4. The Morgan fingerprint density at radius 2 is 2.00 bits per heavy atom. The molecule has 0 amide bonds. The number of carboxylic acids is 1. The van der Waals surface area contributed by atoms with Gasteiger partial charge in [0.1, 0.15) is 0 Å². The average Bonchev–Trinajstić information content (AvgIpc) is 2.84. The second kappa shape index (κ2) is 6.24. The van der Waals surface area contributed by atoms with Gasteiger partial charge in [0.2, 0.25) is 0 Å². The molecule has 6 heteroatoms. The summed E-state index contributed by atoms with van der Waals surface area (Å²) in [5.41, 5.74) is 1.64. The van der Waals surface area contributed by atoms with Crippen LogP contribution in [0.3, 0.4) is 0 Å². The summed E-state index contributed by atoms with van der Waals surface area (Å²) in [5, 5.41) is 14.4. The van der Waals surface area contributed by atoms with E-state index in [0.717, 1.165) is 50.3 Å². The predicted octanol–water partition coefficient (Wildman–Crippen LogP) is 0.996. The van der Waals surface area contributed by atoms with E-state index >= 15 is 0 Å². The van der Waals surface area contributed by atoms with Gasteiger partial charge in [0.05, 0.1) is 37.4 Å². The van der Waals surface area contributed by atoms with Gasteiger partial charge in [-0.3, -0.25) is 14.4 Å². The number of aliphatic carboxylic acids is 1. The standard InChI is InChI=1S/C15H19N3O3/c19-15(20)11-13-12-3-1-2-4-14(12)18(16-13)6-5-17-7-9-21-10-8-17/h1-4H,5-11H2,(H,19,20). The summed E-state index contributed by atoms with van der Waals surface area (Å²) in [6.45, 7) is 5.12. The summed E-state index contributed by atoms with van der Waals surface area (Å²) in [5.74, 6) is -0.849. The molecule has 1 aliphatic rings. The van der Waals surface area contributed by atoms with E-state index in [2.05, 4.69) is 10.00 Å². The van der Waals surface area contributed by atoms with Gasteiger partial charge in [0.25, 0.3) is 0 Å². The molecule has 2 heterocycles. The molecule has 0 aliphatic carbocycles. The molecule has 21 heavy (non-hydrogen) atoms. The van der Waals surface area contributed by atoms with Crippen molar-refractivity contribution < 1.29 is 14.6 Å². The van der Waals surface area contributed by atoms with Crippen molar-refractivity contribution in [2.75, 3.05) is 32.8 Å². The summed E-state index contributed by atoms with van der Waals surface area (Å²) in [7, 11) is 0. The van der Waals surface area contributed by atoms with Crippen LogP contribution in [0.15, 0.2) is 24.3 Å². The molecule has 112 valence electrons. The summed E-state index contributed by atoms with van der Waals surface area (Å²) in [6.07, 6.45) is -0.0366. The third-order valence-electron chi connectivity index (χ3n) is 3.78. The number of carbonyl (C=O) groups is 1. The van der Waals surface area contributed by atoms with E-state index in [9.17, 15) is 4.79 Å². The molecule has 1 aliphatic heterocycles. The second-order valence-corrected chi connectivity index (χ2v) is 5.21. The number of rotatable bonds is 5. The lowest BCUT2D eigenvalue weighted by Gasteiger charge is -2.26. The first-order valence-electron chi connectivity index (χ1n) is 7.20. The van der Waals surface area contributed by atoms with Crippen LogP contribution >= 0.6 is 0 Å². The summed E-state index contributed by atoms with van der Waals surface area (Å²) in [4.78, 5) is 13.3. The Bertz CT molecular complexity index is 632. The number of ether oxygens (including phenoxy) is 1. The highest BCUT2D eigenvalue weighted by Crippen LogP contribution is 2.19. The summed E-state index contributed by atoms with van der Waals surface area (Å²) < 4.78 is 7.26. The van der Waals surface area contributed by atoms with Crippen molar-refractivity contribution in [3.8, 4) is 0 Å². The van der Waals surface area contributed by atoms with Crippen LogP contribution in [0.25, 0.3) is 10.9 Å². The van der Waals surface area contributed by atoms with E-state index in [4.69, 9.17) is 9.84 Å². The lowest BCUT2D eigenvalue weighted by Crippen LogP contribution is -2.38. The Morgan fingerprint density at radius 3 is 2.76 bits per heavy atom. The minimum atomic E-state index is -0.849. The molecule has 2 aromatic rings. The van der Waals surface area contributed by atoms with Gasteiger partial charge in [-0.2, -0.15) is 5.10 Å². The molecule has 3 rings (SSSR count). The summed E-state index contributed by atoms with van der Waals surface area (Å²) >= 11 is 0. The van der Waals surface area contributed by atoms with E-state index < -0.39 is 5.97 Å². The maximum Gasteiger partial charge on any atom is 0.309 e. The largest absolute Gasteiger partial charge is 0.481 e. The highest BCUT2D eigenvalue weighted by atomic mass is 16.5. The Morgan fingerprint density at radius 1 is 1.24 bits per heavy atom. The third-order valence-corrected chi connectivity index (χ3v) is 3.78. The quantitative estimate of drug-likeness (QED) is 0.889. The van der Waals surface area contributed by atoms with Gasteiger partial charge in [0, 0.05) is 25.0 Å². The van der Waals surface area contributed by atoms with E-state index in [-0.39, 0.29) is 6.42 Å². The van der Waals surface area contributed by atoms with Crippen molar-refractivity contribution in [2.45, 2.75) is 13.0 Å². The third kappa shape index (κ3) is 3.22. The fourth-order valence-corrected chi connectivity index (χ4v) is 2.70. The van der Waals surface area contributed by atoms with Crippen LogP contribution in [0.2, 0.25) is 0 Å². The number of hydrogen-bond donors (Lipinski definition) is 1. The lowest BCUT2D eigenvalue weighted by molar-refractivity contribution is -0.136. The smallest absolute Gasteiger partial charge is 0.309 e. The zero-order valence-electron chi connectivity index (χ0n) is 11.9. The number of para-hydroxylation sites is 1. The van der Waals surface area contributed by atoms with Crippen LogP contribution in [0.1, 0.15) is 5.69 Å². The first-order valence-corrected chi connectivity index (χ1v) is 7.20. The van der Waals surface area contributed by atoms with Crippen LogP contribution in [0.5, 0.6) is 0 Å². The zero-order chi connectivity index (χ0) is 14.7. The van der Waals surface area contributed by atoms with E-state index in [1.165, 1.54) is 0 Å². The minimum absolute atomic E-state index is 0.0366. The summed E-state index contributed by atoms with van der Waals surface area (Å²) in [6, 6.07) is 7.81. The molecule has 0 atom stereocenters. The van der Waals surface area contributed by atoms with Gasteiger partial charge < -0.3 is 9.84 Å². The number of morpholine rings is 1. The Labute approximate surface area is 122 Å². The van der Waals surface area contributed by atoms with Crippen LogP contribution in [-0.4, -0.2) is 58.6 Å². The van der Waals surface area contributed by atoms with E-state index in [1.807, 2.05) is 28.9 Å². The number of benzene rings is 1. The van der Waals surface area contributed by atoms with Crippen LogP contribution in [-0.2, 0) is 22.5 Å². The molecule has 1 aromatic carbocycles. The van der Waals surface area contributed by atoms with E-state index in [1.54, 1.807) is 0 Å². The van der Waals surface area contributed by atoms with Crippen LogP contribution in [0.4, 0.5) is 0 Å². The molecule has 6 nitrogen and oxygen atoms in total. The first kappa shape index (κ1) is 14.0. The molecule has 1 fully saturated rings. The molecule has 1 aromatic heterocycles. The van der Waals surface area contributed by atoms with Crippen molar-refractivity contribution in [2.24, 2.45) is 0 Å². The monoisotopic (exact) mass is 289 g/mol. The fourth-order valence-electron chi connectivity index (χ4n) is 2.70. The van der Waals surface area contributed by atoms with Gasteiger partial charge >= 0.3 is 5.97 Å². The molecule has 1 N–H and O–H groups in total. The van der Waals surface area contributed by atoms with Crippen molar-refractivity contribution in [1.82, 2.24) is 14.7 Å². The topological polar surface area (TPSA) is 67.6 Å². The maximum absolute atomic E-state index is 11.0. The predicted molar refractivity (Wildman–Crippen MR) is 78.3 cm³/mol. The Balaban J connectivity index is 1.79. The Hall–Kier alpha value is -1.92. The number of hydrogen-bond acceptors (Lipinski definition) is 4. The van der Waals surface area contributed by atoms with Gasteiger partial charge in [-0.25, -0.2) is 0 Å². The Kier molecular flexibility index (Phi) is 4.17. The molecular weight excluding hydrogens is 270 g/mol. The van der Waals surface area contributed by atoms with Gasteiger partial charge in [-0.1, -0.05) is 18.2 Å². The number of nitrogens with zero attached hydrogens (tertiary/aromatic N) is 3. The van der Waals surface area contributed by atoms with Crippen LogP contribution in [0, 0.1) is 0 Å². The van der Waals surface area contributed by atoms with Crippen molar-refractivity contribution in [3.05, 3.63) is 30.0 Å². The molecule has 0 spiro atoms. The lowest BCUT2D eigenvalue weighted by atomic mass is 10.2. The first-order chi connectivity index (χ1) is 10.2. The second-order valence-electron chi connectivity index (χ2n) is 5.21. The molecular formula is C15H19N3O3. The van der Waals surface area contributed by atoms with E-state index in [0.29, 0.717) is 5.69 Å². The fraction of sp³-hybridized carbons (Fsp3) is 0.467. The number of fused-ring (bicyclic) bond motifs is 1. The van der Waals surface area contributed by atoms with Crippen molar-refractivity contribution >= 4 is 16.9 Å². The van der Waals surface area contributed by atoms with Gasteiger partial charge in [-0.15, -0.1) is 0 Å². The van der Waals surface area contributed by atoms with Gasteiger partial charge in [0.15, 0.2) is 0 Å².